The van der Waals surface area contributed by atoms with E-state index in [1.54, 1.807) is 0 Å². The molecule has 0 spiro atoms. The Morgan fingerprint density at radius 2 is 1.71 bits per heavy atom. The Morgan fingerprint density at radius 1 is 1.21 bits per heavy atom. The maximum Gasteiger partial charge on any atom is 0.133 e. The molecule has 0 amide bonds. The van der Waals surface area contributed by atoms with Crippen molar-refractivity contribution in [3.63, 3.8) is 0 Å². The van der Waals surface area contributed by atoms with E-state index >= 15 is 0 Å². The lowest BCUT2D eigenvalue weighted by Crippen LogP contribution is -2.39. The van der Waals surface area contributed by atoms with Gasteiger partial charge in [-0.15, -0.1) is 0 Å². The van der Waals surface area contributed by atoms with Gasteiger partial charge in [-0.05, 0) is 24.2 Å². The summed E-state index contributed by atoms with van der Waals surface area (Å²) in [4.78, 5) is 0. The molecule has 0 aromatic rings. The second kappa shape index (κ2) is 5.93. The van der Waals surface area contributed by atoms with Gasteiger partial charge >= 0.3 is 0 Å². The van der Waals surface area contributed by atoms with Crippen LogP contribution in [0.25, 0.3) is 0 Å². The van der Waals surface area contributed by atoms with Crippen molar-refractivity contribution in [3.05, 3.63) is 0 Å². The monoisotopic (exact) mass is 198 g/mol. The molecule has 0 radical (unpaired) electrons. The van der Waals surface area contributed by atoms with Crippen molar-refractivity contribution in [2.24, 2.45) is 11.8 Å². The zero-order chi connectivity index (χ0) is 11.2. The predicted molar refractivity (Wildman–Crippen MR) is 58.6 cm³/mol. The Hall–Kier alpha value is -0.680. The van der Waals surface area contributed by atoms with E-state index in [-0.39, 0.29) is 11.8 Å². The van der Waals surface area contributed by atoms with Gasteiger partial charge in [0, 0.05) is 0 Å². The van der Waals surface area contributed by atoms with Gasteiger partial charge in [-0.25, -0.2) is 0 Å². The molecule has 0 saturated carbocycles. The minimum absolute atomic E-state index is 0.111. The van der Waals surface area contributed by atoms with Crippen molar-refractivity contribution in [1.82, 2.24) is 0 Å². The van der Waals surface area contributed by atoms with Crippen LogP contribution in [0.5, 0.6) is 0 Å². The van der Waals surface area contributed by atoms with Gasteiger partial charge in [0.25, 0.3) is 0 Å². The van der Waals surface area contributed by atoms with Gasteiger partial charge in [-0.1, -0.05) is 34.6 Å². The van der Waals surface area contributed by atoms with E-state index in [0.717, 1.165) is 6.42 Å². The fourth-order valence-corrected chi connectivity index (χ4v) is 1.23. The summed E-state index contributed by atoms with van der Waals surface area (Å²) in [7, 11) is 0. The number of hydrogen-bond acceptors (Lipinski definition) is 2. The minimum atomic E-state index is -0.937. The van der Waals surface area contributed by atoms with Gasteiger partial charge in [0.2, 0.25) is 0 Å². The Balaban J connectivity index is 4.42. The highest BCUT2D eigenvalue weighted by molar-refractivity contribution is 5.13. The fraction of sp³-hybridized carbons (Fsp3) is 0.833. The van der Waals surface area contributed by atoms with Gasteiger partial charge in [-0.3, -0.25) is 0 Å². The zero-order valence-electron chi connectivity index (χ0n) is 9.92. The van der Waals surface area contributed by atoms with E-state index in [1.165, 1.54) is 0 Å². The summed E-state index contributed by atoms with van der Waals surface area (Å²) < 4.78 is 5.06. The maximum absolute atomic E-state index is 10.2. The lowest BCUT2D eigenvalue weighted by Gasteiger charge is -2.30. The zero-order valence-corrected chi connectivity index (χ0v) is 9.92. The molecule has 0 saturated heterocycles. The second-order valence-corrected chi connectivity index (χ2v) is 4.21. The standard InChI is InChI=1S/C12H22O2/c1-6-8-14-9-7-12(13,10(2)3)11(4)5/h10-11,13H,6,8H2,1-5H3. The van der Waals surface area contributed by atoms with Crippen molar-refractivity contribution in [3.8, 4) is 12.0 Å². The van der Waals surface area contributed by atoms with Crippen LogP contribution in [0.3, 0.4) is 0 Å². The van der Waals surface area contributed by atoms with Crippen molar-refractivity contribution in [1.29, 1.82) is 0 Å². The van der Waals surface area contributed by atoms with Crippen LogP contribution in [0.4, 0.5) is 0 Å². The molecule has 0 unspecified atom stereocenters. The van der Waals surface area contributed by atoms with Crippen molar-refractivity contribution in [2.45, 2.75) is 46.6 Å². The Labute approximate surface area is 87.7 Å². The lowest BCUT2D eigenvalue weighted by atomic mass is 9.81. The number of rotatable bonds is 4. The molecule has 1 N–H and O–H groups in total. The molecule has 0 aliphatic carbocycles. The summed E-state index contributed by atoms with van der Waals surface area (Å²) in [5, 5.41) is 10.2. The molecule has 0 bridgehead atoms. The van der Waals surface area contributed by atoms with Crippen molar-refractivity contribution in [2.75, 3.05) is 6.61 Å². The highest BCUT2D eigenvalue weighted by Gasteiger charge is 2.32. The van der Waals surface area contributed by atoms with Crippen molar-refractivity contribution >= 4 is 0 Å². The average molecular weight is 198 g/mol. The summed E-state index contributed by atoms with van der Waals surface area (Å²) in [5.41, 5.74) is -0.937. The topological polar surface area (TPSA) is 29.5 Å². The minimum Gasteiger partial charge on any atom is -0.447 e. The highest BCUT2D eigenvalue weighted by atomic mass is 16.5. The first-order valence-electron chi connectivity index (χ1n) is 5.31. The molecule has 0 atom stereocenters. The van der Waals surface area contributed by atoms with E-state index in [9.17, 15) is 5.11 Å². The van der Waals surface area contributed by atoms with Crippen LogP contribution < -0.4 is 0 Å². The van der Waals surface area contributed by atoms with Crippen LogP contribution in [-0.2, 0) is 4.74 Å². The third kappa shape index (κ3) is 3.59. The van der Waals surface area contributed by atoms with Gasteiger partial charge in [0.1, 0.15) is 11.7 Å². The summed E-state index contributed by atoms with van der Waals surface area (Å²) in [5.74, 6) is 3.04. The second-order valence-electron chi connectivity index (χ2n) is 4.21. The SMILES string of the molecule is CCCOC#CC(O)(C(C)C)C(C)C. The summed E-state index contributed by atoms with van der Waals surface area (Å²) in [6.07, 6.45) is 3.53. The fourth-order valence-electron chi connectivity index (χ4n) is 1.23. The molecule has 0 heterocycles. The molecule has 14 heavy (non-hydrogen) atoms. The first-order chi connectivity index (χ1) is 6.45. The summed E-state index contributed by atoms with van der Waals surface area (Å²) in [6, 6.07) is 0. The molecule has 0 aliphatic heterocycles. The average Bonchev–Trinajstić information content (AvgIpc) is 2.11. The number of hydrogen-bond donors (Lipinski definition) is 1. The molecule has 0 aromatic heterocycles. The van der Waals surface area contributed by atoms with Crippen LogP contribution in [0.2, 0.25) is 0 Å². The van der Waals surface area contributed by atoms with E-state index in [1.807, 2.05) is 34.6 Å². The Kier molecular flexibility index (Phi) is 5.64. The van der Waals surface area contributed by atoms with Crippen LogP contribution in [0, 0.1) is 23.9 Å². The summed E-state index contributed by atoms with van der Waals surface area (Å²) in [6.45, 7) is 10.5. The van der Waals surface area contributed by atoms with E-state index < -0.39 is 5.60 Å². The smallest absolute Gasteiger partial charge is 0.133 e. The first-order valence-corrected chi connectivity index (χ1v) is 5.31. The molecular formula is C12H22O2. The maximum atomic E-state index is 10.2. The molecule has 0 fully saturated rings. The third-order valence-corrected chi connectivity index (χ3v) is 2.39. The third-order valence-electron chi connectivity index (χ3n) is 2.39. The predicted octanol–water partition coefficient (Wildman–Crippen LogP) is 2.42. The molecule has 0 aliphatic rings. The van der Waals surface area contributed by atoms with Crippen LogP contribution in [-0.4, -0.2) is 17.3 Å². The largest absolute Gasteiger partial charge is 0.447 e. The molecule has 0 rings (SSSR count). The Morgan fingerprint density at radius 3 is 2.07 bits per heavy atom. The first kappa shape index (κ1) is 13.3. The van der Waals surface area contributed by atoms with Gasteiger partial charge in [-0.2, -0.15) is 0 Å². The van der Waals surface area contributed by atoms with Gasteiger partial charge in [0.05, 0.1) is 6.61 Å². The highest BCUT2D eigenvalue weighted by Crippen LogP contribution is 2.24. The van der Waals surface area contributed by atoms with Crippen LogP contribution in [0.15, 0.2) is 0 Å². The van der Waals surface area contributed by atoms with Crippen LogP contribution >= 0.6 is 0 Å². The molecule has 0 aromatic carbocycles. The van der Waals surface area contributed by atoms with Crippen molar-refractivity contribution < 1.29 is 9.84 Å². The molecular weight excluding hydrogens is 176 g/mol. The van der Waals surface area contributed by atoms with Crippen LogP contribution in [0.1, 0.15) is 41.0 Å². The number of aliphatic hydroxyl groups is 1. The molecule has 2 heteroatoms. The normalized spacial score (nSPS) is 11.4. The number of ether oxygens (including phenoxy) is 1. The molecule has 2 nitrogen and oxygen atoms in total. The lowest BCUT2D eigenvalue weighted by molar-refractivity contribution is 0.00834. The van der Waals surface area contributed by atoms with E-state index in [0.29, 0.717) is 6.61 Å². The quantitative estimate of drug-likeness (QED) is 0.555. The molecule has 82 valence electrons. The Bertz CT molecular complexity index is 200. The van der Waals surface area contributed by atoms with E-state index in [2.05, 4.69) is 12.0 Å². The summed E-state index contributed by atoms with van der Waals surface area (Å²) >= 11 is 0. The van der Waals surface area contributed by atoms with Gasteiger partial charge < -0.3 is 9.84 Å². The van der Waals surface area contributed by atoms with Gasteiger partial charge in [0.15, 0.2) is 0 Å². The van der Waals surface area contributed by atoms with E-state index in [4.69, 9.17) is 4.74 Å².